The van der Waals surface area contributed by atoms with Gasteiger partial charge in [-0.15, -0.1) is 24.0 Å². The van der Waals surface area contributed by atoms with Gasteiger partial charge in [-0.1, -0.05) is 36.8 Å². The van der Waals surface area contributed by atoms with Gasteiger partial charge in [-0.05, 0) is 37.8 Å². The zero-order valence-electron chi connectivity index (χ0n) is 15.9. The highest BCUT2D eigenvalue weighted by atomic mass is 127. The third-order valence-corrected chi connectivity index (χ3v) is 5.55. The fourth-order valence-corrected chi connectivity index (χ4v) is 3.67. The van der Waals surface area contributed by atoms with E-state index >= 15 is 0 Å². The molecule has 1 aliphatic carbocycles. The summed E-state index contributed by atoms with van der Waals surface area (Å²) in [4.78, 5) is 9.50. The minimum absolute atomic E-state index is 0. The van der Waals surface area contributed by atoms with Gasteiger partial charge in [0.2, 0.25) is 0 Å². The van der Waals surface area contributed by atoms with Crippen molar-refractivity contribution in [2.24, 2.45) is 16.6 Å². The van der Waals surface area contributed by atoms with Crippen molar-refractivity contribution in [2.75, 3.05) is 46.3 Å². The number of nitrogens with one attached hydrogen (secondary N) is 1. The molecule has 0 bridgehead atoms. The molecule has 1 heterocycles. The summed E-state index contributed by atoms with van der Waals surface area (Å²) < 4.78 is 0. The highest BCUT2D eigenvalue weighted by Gasteiger charge is 2.25. The van der Waals surface area contributed by atoms with Gasteiger partial charge in [-0.3, -0.25) is 9.89 Å². The zero-order valence-corrected chi connectivity index (χ0v) is 18.3. The fourth-order valence-electron chi connectivity index (χ4n) is 3.67. The van der Waals surface area contributed by atoms with E-state index < -0.39 is 0 Å². The second-order valence-corrected chi connectivity index (χ2v) is 7.53. The van der Waals surface area contributed by atoms with Gasteiger partial charge in [0.1, 0.15) is 0 Å². The van der Waals surface area contributed by atoms with E-state index in [9.17, 15) is 0 Å². The lowest BCUT2D eigenvalue weighted by molar-refractivity contribution is 0.0891. The van der Waals surface area contributed by atoms with Crippen molar-refractivity contribution in [3.63, 3.8) is 0 Å². The number of aliphatic imine (C=N–C) groups is 1. The molecule has 1 saturated carbocycles. The van der Waals surface area contributed by atoms with E-state index in [0.29, 0.717) is 12.0 Å². The van der Waals surface area contributed by atoms with Crippen molar-refractivity contribution in [1.82, 2.24) is 15.1 Å². The van der Waals surface area contributed by atoms with E-state index in [2.05, 4.69) is 57.5 Å². The second kappa shape index (κ2) is 11.1. The first-order chi connectivity index (χ1) is 12.2. The zero-order chi connectivity index (χ0) is 17.5. The highest BCUT2D eigenvalue weighted by Crippen LogP contribution is 2.26. The Kier molecular flexibility index (Phi) is 9.15. The lowest BCUT2D eigenvalue weighted by Crippen LogP contribution is -2.47. The predicted molar refractivity (Wildman–Crippen MR) is 120 cm³/mol. The van der Waals surface area contributed by atoms with E-state index in [-0.39, 0.29) is 24.0 Å². The molecule has 5 nitrogen and oxygen atoms in total. The molecule has 6 heteroatoms. The number of benzene rings is 1. The van der Waals surface area contributed by atoms with E-state index in [4.69, 9.17) is 5.73 Å². The molecule has 0 amide bonds. The van der Waals surface area contributed by atoms with Gasteiger partial charge in [-0.2, -0.15) is 0 Å². The summed E-state index contributed by atoms with van der Waals surface area (Å²) >= 11 is 0. The first-order valence-corrected chi connectivity index (χ1v) is 9.73. The third kappa shape index (κ3) is 6.39. The summed E-state index contributed by atoms with van der Waals surface area (Å²) in [5.74, 6) is 1.39. The van der Waals surface area contributed by atoms with Crippen LogP contribution in [0.15, 0.2) is 35.3 Å². The Morgan fingerprint density at radius 1 is 1.23 bits per heavy atom. The third-order valence-electron chi connectivity index (χ3n) is 5.55. The number of nitrogens with zero attached hydrogens (tertiary/aromatic N) is 3. The number of likely N-dealkylation sites (N-methyl/N-ethyl adjacent to an activating group) is 1. The number of hydrogen-bond donors (Lipinski definition) is 2. The summed E-state index contributed by atoms with van der Waals surface area (Å²) in [7, 11) is 2.22. The van der Waals surface area contributed by atoms with Crippen LogP contribution in [0.4, 0.5) is 0 Å². The Hall–Kier alpha value is -0.860. The molecule has 3 rings (SSSR count). The number of piperazine rings is 1. The maximum absolute atomic E-state index is 5.98. The van der Waals surface area contributed by atoms with Gasteiger partial charge in [0.15, 0.2) is 5.96 Å². The summed E-state index contributed by atoms with van der Waals surface area (Å²) in [6.45, 7) is 6.25. The van der Waals surface area contributed by atoms with Gasteiger partial charge in [0.05, 0.1) is 0 Å². The Labute approximate surface area is 175 Å². The van der Waals surface area contributed by atoms with Crippen molar-refractivity contribution < 1.29 is 0 Å². The molecule has 1 aromatic carbocycles. The van der Waals surface area contributed by atoms with Crippen LogP contribution >= 0.6 is 24.0 Å². The van der Waals surface area contributed by atoms with Gasteiger partial charge in [0, 0.05) is 45.3 Å². The van der Waals surface area contributed by atoms with Gasteiger partial charge >= 0.3 is 0 Å². The smallest absolute Gasteiger partial charge is 0.188 e. The van der Waals surface area contributed by atoms with Crippen LogP contribution in [-0.4, -0.2) is 62.1 Å². The van der Waals surface area contributed by atoms with Crippen LogP contribution in [-0.2, 0) is 0 Å². The van der Waals surface area contributed by atoms with Gasteiger partial charge in [0.25, 0.3) is 0 Å². The predicted octanol–water partition coefficient (Wildman–Crippen LogP) is 2.69. The summed E-state index contributed by atoms with van der Waals surface area (Å²) in [6.07, 6.45) is 5.09. The van der Waals surface area contributed by atoms with Crippen molar-refractivity contribution in [3.8, 4) is 0 Å². The van der Waals surface area contributed by atoms with Gasteiger partial charge in [-0.25, -0.2) is 0 Å². The van der Waals surface area contributed by atoms with Crippen molar-refractivity contribution in [3.05, 3.63) is 35.9 Å². The molecule has 2 fully saturated rings. The van der Waals surface area contributed by atoms with Crippen LogP contribution in [0, 0.1) is 5.92 Å². The average Bonchev–Trinajstić information content (AvgIpc) is 2.59. The monoisotopic (exact) mass is 471 g/mol. The SMILES string of the molecule is CN1CCN(CCCNC(N)=NCC2CCC2)C(c2ccccc2)C1.I. The van der Waals surface area contributed by atoms with Crippen LogP contribution in [0.2, 0.25) is 0 Å². The number of rotatable bonds is 7. The van der Waals surface area contributed by atoms with E-state index in [0.717, 1.165) is 51.6 Å². The van der Waals surface area contributed by atoms with Crippen molar-refractivity contribution in [2.45, 2.75) is 31.7 Å². The highest BCUT2D eigenvalue weighted by molar-refractivity contribution is 14.0. The van der Waals surface area contributed by atoms with Crippen LogP contribution in [0.5, 0.6) is 0 Å². The number of halogens is 1. The molecule has 1 aromatic rings. The first kappa shape index (κ1) is 21.4. The standard InChI is InChI=1S/C20H33N5.HI/c1-24-13-14-25(19(16-24)18-9-3-2-4-10-18)12-6-11-22-20(21)23-15-17-7-5-8-17;/h2-4,9-10,17,19H,5-8,11-16H2,1H3,(H3,21,22,23);1H. The maximum Gasteiger partial charge on any atom is 0.188 e. The fraction of sp³-hybridized carbons (Fsp3) is 0.650. The van der Waals surface area contributed by atoms with Crippen LogP contribution < -0.4 is 11.1 Å². The number of guanidine groups is 1. The first-order valence-electron chi connectivity index (χ1n) is 9.73. The summed E-state index contributed by atoms with van der Waals surface area (Å²) in [5.41, 5.74) is 7.40. The number of nitrogens with two attached hydrogens (primary N) is 1. The molecule has 0 aromatic heterocycles. The second-order valence-electron chi connectivity index (χ2n) is 7.53. The van der Waals surface area contributed by atoms with Crippen LogP contribution in [0.1, 0.15) is 37.3 Å². The maximum atomic E-state index is 5.98. The van der Waals surface area contributed by atoms with E-state index in [1.807, 2.05) is 0 Å². The molecular formula is C20H34IN5. The average molecular weight is 471 g/mol. The quantitative estimate of drug-likeness (QED) is 0.278. The van der Waals surface area contributed by atoms with Gasteiger partial charge < -0.3 is 16.0 Å². The van der Waals surface area contributed by atoms with Crippen molar-refractivity contribution >= 4 is 29.9 Å². The minimum Gasteiger partial charge on any atom is -0.370 e. The minimum atomic E-state index is 0. The lowest BCUT2D eigenvalue weighted by Gasteiger charge is -2.40. The molecule has 3 N–H and O–H groups in total. The lowest BCUT2D eigenvalue weighted by atomic mass is 9.86. The Balaban J connectivity index is 0.00000243. The molecular weight excluding hydrogens is 437 g/mol. The summed E-state index contributed by atoms with van der Waals surface area (Å²) in [5, 5.41) is 3.28. The molecule has 1 unspecified atom stereocenters. The molecule has 0 spiro atoms. The normalized spacial score (nSPS) is 22.5. The Bertz CT molecular complexity index is 546. The molecule has 2 aliphatic rings. The molecule has 1 aliphatic heterocycles. The van der Waals surface area contributed by atoms with E-state index in [1.54, 1.807) is 0 Å². The Morgan fingerprint density at radius 2 is 2.00 bits per heavy atom. The van der Waals surface area contributed by atoms with Crippen molar-refractivity contribution in [1.29, 1.82) is 0 Å². The molecule has 26 heavy (non-hydrogen) atoms. The summed E-state index contributed by atoms with van der Waals surface area (Å²) in [6, 6.07) is 11.4. The molecule has 146 valence electrons. The molecule has 1 atom stereocenters. The largest absolute Gasteiger partial charge is 0.370 e. The Morgan fingerprint density at radius 3 is 2.69 bits per heavy atom. The van der Waals surface area contributed by atoms with Crippen LogP contribution in [0.3, 0.4) is 0 Å². The van der Waals surface area contributed by atoms with E-state index in [1.165, 1.54) is 24.8 Å². The molecule has 1 saturated heterocycles. The molecule has 0 radical (unpaired) electrons. The van der Waals surface area contributed by atoms with Crippen LogP contribution in [0.25, 0.3) is 0 Å². The topological polar surface area (TPSA) is 56.9 Å². The number of hydrogen-bond acceptors (Lipinski definition) is 3.